The first-order chi connectivity index (χ1) is 25.2. The molecule has 8 aromatic carbocycles. The van der Waals surface area contributed by atoms with Crippen molar-refractivity contribution in [2.24, 2.45) is 0 Å². The summed E-state index contributed by atoms with van der Waals surface area (Å²) in [5, 5.41) is 36.2. The molecule has 0 saturated heterocycles. The van der Waals surface area contributed by atoms with Gasteiger partial charge in [0.2, 0.25) is 0 Å². The molecule has 9 rings (SSSR count). The molecule has 4 heteroatoms. The van der Waals surface area contributed by atoms with Gasteiger partial charge in [0.1, 0.15) is 0 Å². The van der Waals surface area contributed by atoms with Crippen molar-refractivity contribution in [3.63, 3.8) is 0 Å². The first-order valence-electron chi connectivity index (χ1n) is 16.7. The minimum Gasteiger partial charge on any atom is -0.309 e. The van der Waals surface area contributed by atoms with Crippen molar-refractivity contribution in [3.05, 3.63) is 174 Å². The van der Waals surface area contributed by atoms with Crippen LogP contribution in [0.3, 0.4) is 0 Å². The Bertz CT molecular complexity index is 2870. The van der Waals surface area contributed by atoms with Crippen LogP contribution in [0.5, 0.6) is 0 Å². The summed E-state index contributed by atoms with van der Waals surface area (Å²) in [5.41, 5.74) is 10.8. The normalized spacial score (nSPS) is 11.1. The van der Waals surface area contributed by atoms with Crippen LogP contribution in [0.1, 0.15) is 16.7 Å². The Morgan fingerprint density at radius 1 is 0.373 bits per heavy atom. The molecule has 1 aromatic heterocycles. The molecule has 0 aliphatic rings. The third kappa shape index (κ3) is 4.74. The highest BCUT2D eigenvalue weighted by atomic mass is 15.0. The fourth-order valence-corrected chi connectivity index (χ4v) is 7.64. The van der Waals surface area contributed by atoms with Gasteiger partial charge in [-0.25, -0.2) is 0 Å². The summed E-state index contributed by atoms with van der Waals surface area (Å²) in [4.78, 5) is 0. The average molecular weight is 647 g/mol. The lowest BCUT2D eigenvalue weighted by Crippen LogP contribution is -1.96. The zero-order chi connectivity index (χ0) is 34.5. The molecule has 0 aliphatic carbocycles. The highest BCUT2D eigenvalue weighted by Gasteiger charge is 2.19. The monoisotopic (exact) mass is 646 g/mol. The second-order valence-corrected chi connectivity index (χ2v) is 12.7. The second kappa shape index (κ2) is 11.9. The number of nitriles is 3. The Hall–Kier alpha value is -7.45. The molecule has 4 nitrogen and oxygen atoms in total. The molecule has 1 heterocycles. The molecular formula is C47H26N4. The van der Waals surface area contributed by atoms with E-state index in [2.05, 4.69) is 120 Å². The summed E-state index contributed by atoms with van der Waals surface area (Å²) in [6.07, 6.45) is 0. The molecule has 0 atom stereocenters. The molecule has 0 amide bonds. The van der Waals surface area contributed by atoms with Gasteiger partial charge >= 0.3 is 0 Å². The smallest absolute Gasteiger partial charge is 0.0998 e. The van der Waals surface area contributed by atoms with E-state index in [4.69, 9.17) is 0 Å². The molecule has 0 aliphatic heterocycles. The Morgan fingerprint density at radius 2 is 0.902 bits per heavy atom. The molecule has 0 bridgehead atoms. The van der Waals surface area contributed by atoms with Gasteiger partial charge in [0.05, 0.1) is 45.9 Å². The number of benzene rings is 8. The van der Waals surface area contributed by atoms with E-state index in [1.165, 1.54) is 21.9 Å². The SMILES string of the molecule is N#Cc1ccc2c(c1)c1cc(C#N)ccc1n2-c1cccc(-c2cc(-c3c4ccccc4c(-c4ccccc4)c4ccccc34)ccc2C#N)c1. The van der Waals surface area contributed by atoms with Crippen LogP contribution in [0.4, 0.5) is 0 Å². The first-order valence-corrected chi connectivity index (χ1v) is 16.7. The van der Waals surface area contributed by atoms with Crippen molar-refractivity contribution >= 4 is 43.4 Å². The zero-order valence-electron chi connectivity index (χ0n) is 27.3. The molecule has 0 radical (unpaired) electrons. The molecule has 0 unspecified atom stereocenters. The molecule has 0 spiro atoms. The molecule has 0 N–H and O–H groups in total. The number of rotatable bonds is 4. The fourth-order valence-electron chi connectivity index (χ4n) is 7.64. The van der Waals surface area contributed by atoms with Crippen LogP contribution < -0.4 is 0 Å². The molecule has 234 valence electrons. The van der Waals surface area contributed by atoms with E-state index in [0.29, 0.717) is 16.7 Å². The largest absolute Gasteiger partial charge is 0.309 e. The average Bonchev–Trinajstić information content (AvgIpc) is 3.52. The van der Waals surface area contributed by atoms with Gasteiger partial charge < -0.3 is 4.57 Å². The molecule has 0 fully saturated rings. The van der Waals surface area contributed by atoms with Gasteiger partial charge in [0, 0.05) is 22.0 Å². The first kappa shape index (κ1) is 29.7. The quantitative estimate of drug-likeness (QED) is 0.179. The lowest BCUT2D eigenvalue weighted by molar-refractivity contribution is 1.18. The van der Waals surface area contributed by atoms with E-state index in [9.17, 15) is 15.8 Å². The van der Waals surface area contributed by atoms with Gasteiger partial charge in [-0.05, 0) is 110 Å². The van der Waals surface area contributed by atoms with Crippen LogP contribution in [0, 0.1) is 34.0 Å². The maximum absolute atomic E-state index is 10.4. The van der Waals surface area contributed by atoms with Crippen molar-refractivity contribution in [3.8, 4) is 57.3 Å². The van der Waals surface area contributed by atoms with E-state index in [-0.39, 0.29) is 0 Å². The lowest BCUT2D eigenvalue weighted by atomic mass is 9.85. The molecule has 51 heavy (non-hydrogen) atoms. The van der Waals surface area contributed by atoms with E-state index < -0.39 is 0 Å². The van der Waals surface area contributed by atoms with Crippen LogP contribution in [0.15, 0.2) is 158 Å². The predicted molar refractivity (Wildman–Crippen MR) is 206 cm³/mol. The lowest BCUT2D eigenvalue weighted by Gasteiger charge is -2.18. The number of fused-ring (bicyclic) bond motifs is 5. The highest BCUT2D eigenvalue weighted by molar-refractivity contribution is 6.21. The zero-order valence-corrected chi connectivity index (χ0v) is 27.3. The van der Waals surface area contributed by atoms with Crippen molar-refractivity contribution in [2.45, 2.75) is 0 Å². The van der Waals surface area contributed by atoms with Crippen LogP contribution in [-0.2, 0) is 0 Å². The number of nitrogens with zero attached hydrogens (tertiary/aromatic N) is 4. The standard InChI is InChI=1S/C47H26N4/c48-27-30-17-21-44-42(23-30)43-24-31(28-49)18-22-45(43)51(44)36-12-8-11-33(25-36)41-26-34(19-20-35(41)29-50)47-39-15-6-4-13-37(39)46(32-9-2-1-3-10-32)38-14-5-7-16-40(38)47/h1-26H. The summed E-state index contributed by atoms with van der Waals surface area (Å²) < 4.78 is 2.16. The Kier molecular flexibility index (Phi) is 6.93. The van der Waals surface area contributed by atoms with E-state index in [1.807, 2.05) is 60.7 Å². The summed E-state index contributed by atoms with van der Waals surface area (Å²) in [5.74, 6) is 0. The minimum atomic E-state index is 0.560. The Labute approximate surface area is 294 Å². The maximum atomic E-state index is 10.4. The molecular weight excluding hydrogens is 621 g/mol. The van der Waals surface area contributed by atoms with Crippen molar-refractivity contribution in [2.75, 3.05) is 0 Å². The summed E-state index contributed by atoms with van der Waals surface area (Å²) >= 11 is 0. The Morgan fingerprint density at radius 3 is 1.45 bits per heavy atom. The van der Waals surface area contributed by atoms with Crippen LogP contribution >= 0.6 is 0 Å². The van der Waals surface area contributed by atoms with Crippen LogP contribution in [0.25, 0.3) is 82.4 Å². The van der Waals surface area contributed by atoms with Gasteiger partial charge in [0.15, 0.2) is 0 Å². The third-order valence-corrected chi connectivity index (χ3v) is 9.86. The predicted octanol–water partition coefficient (Wildman–Crippen LogP) is 11.7. The summed E-state index contributed by atoms with van der Waals surface area (Å²) in [6, 6.07) is 60.4. The fraction of sp³-hybridized carbons (Fsp3) is 0. The third-order valence-electron chi connectivity index (χ3n) is 9.86. The van der Waals surface area contributed by atoms with Gasteiger partial charge in [-0.1, -0.05) is 97.1 Å². The van der Waals surface area contributed by atoms with Crippen molar-refractivity contribution in [1.82, 2.24) is 4.57 Å². The summed E-state index contributed by atoms with van der Waals surface area (Å²) in [7, 11) is 0. The van der Waals surface area contributed by atoms with E-state index in [1.54, 1.807) is 0 Å². The number of aromatic nitrogens is 1. The van der Waals surface area contributed by atoms with Gasteiger partial charge in [-0.15, -0.1) is 0 Å². The van der Waals surface area contributed by atoms with Gasteiger partial charge in [0.25, 0.3) is 0 Å². The van der Waals surface area contributed by atoms with E-state index >= 15 is 0 Å². The molecule has 0 saturated carbocycles. The highest BCUT2D eigenvalue weighted by Crippen LogP contribution is 2.44. The van der Waals surface area contributed by atoms with Crippen LogP contribution in [0.2, 0.25) is 0 Å². The van der Waals surface area contributed by atoms with E-state index in [0.717, 1.165) is 60.5 Å². The summed E-state index contributed by atoms with van der Waals surface area (Å²) in [6.45, 7) is 0. The van der Waals surface area contributed by atoms with Gasteiger partial charge in [-0.2, -0.15) is 15.8 Å². The maximum Gasteiger partial charge on any atom is 0.0998 e. The number of hydrogen-bond donors (Lipinski definition) is 0. The number of hydrogen-bond acceptors (Lipinski definition) is 3. The Balaban J connectivity index is 1.27. The van der Waals surface area contributed by atoms with Crippen molar-refractivity contribution < 1.29 is 0 Å². The second-order valence-electron chi connectivity index (χ2n) is 12.7. The topological polar surface area (TPSA) is 76.3 Å². The van der Waals surface area contributed by atoms with Crippen LogP contribution in [-0.4, -0.2) is 4.57 Å². The van der Waals surface area contributed by atoms with Crippen molar-refractivity contribution in [1.29, 1.82) is 15.8 Å². The minimum absolute atomic E-state index is 0.560. The molecule has 9 aromatic rings. The van der Waals surface area contributed by atoms with Gasteiger partial charge in [-0.3, -0.25) is 0 Å².